The standard InChI is InChI=1S/C21H30Cl2N4O3/c1-14-6-9-25(13-19(14)28)7-3-8-26-10-11-27(15(2)20(26)29)21(30)24-16-4-5-17(22)18(23)12-16/h4-5,12,14-15,19,28H,3,6-11,13H2,1-2H3,(H,24,30). The van der Waals surface area contributed by atoms with Crippen LogP contribution < -0.4 is 5.32 Å². The molecule has 30 heavy (non-hydrogen) atoms. The van der Waals surface area contributed by atoms with Gasteiger partial charge < -0.3 is 25.1 Å². The third kappa shape index (κ3) is 5.58. The number of halogens is 2. The first kappa shape index (κ1) is 23.1. The van der Waals surface area contributed by atoms with Gasteiger partial charge in [-0.15, -0.1) is 0 Å². The number of likely N-dealkylation sites (tertiary alicyclic amines) is 1. The van der Waals surface area contributed by atoms with Crippen LogP contribution in [0.15, 0.2) is 18.2 Å². The van der Waals surface area contributed by atoms with Gasteiger partial charge in [0.15, 0.2) is 0 Å². The van der Waals surface area contributed by atoms with Crippen LogP contribution in [0, 0.1) is 5.92 Å². The van der Waals surface area contributed by atoms with Gasteiger partial charge in [0.25, 0.3) is 0 Å². The molecule has 2 N–H and O–H groups in total. The van der Waals surface area contributed by atoms with Crippen molar-refractivity contribution in [1.29, 1.82) is 0 Å². The summed E-state index contributed by atoms with van der Waals surface area (Å²) in [5.74, 6) is 0.310. The van der Waals surface area contributed by atoms with E-state index >= 15 is 0 Å². The number of urea groups is 1. The van der Waals surface area contributed by atoms with Crippen molar-refractivity contribution in [3.8, 4) is 0 Å². The van der Waals surface area contributed by atoms with Crippen LogP contribution in [-0.4, -0.2) is 83.2 Å². The van der Waals surface area contributed by atoms with Gasteiger partial charge in [-0.05, 0) is 57.0 Å². The molecule has 0 aliphatic carbocycles. The summed E-state index contributed by atoms with van der Waals surface area (Å²) in [4.78, 5) is 31.1. The van der Waals surface area contributed by atoms with Crippen molar-refractivity contribution in [2.24, 2.45) is 5.92 Å². The van der Waals surface area contributed by atoms with Gasteiger partial charge in [0, 0.05) is 31.9 Å². The van der Waals surface area contributed by atoms with Crippen LogP contribution in [0.1, 0.15) is 26.7 Å². The molecule has 9 heteroatoms. The largest absolute Gasteiger partial charge is 0.392 e. The molecule has 3 atom stereocenters. The summed E-state index contributed by atoms with van der Waals surface area (Å²) in [5.41, 5.74) is 0.537. The number of aliphatic hydroxyl groups excluding tert-OH is 1. The predicted molar refractivity (Wildman–Crippen MR) is 119 cm³/mol. The lowest BCUT2D eigenvalue weighted by atomic mass is 9.96. The number of benzene rings is 1. The van der Waals surface area contributed by atoms with E-state index in [1.54, 1.807) is 30.0 Å². The lowest BCUT2D eigenvalue weighted by molar-refractivity contribution is -0.139. The summed E-state index contributed by atoms with van der Waals surface area (Å²) >= 11 is 11.9. The number of amides is 3. The van der Waals surface area contributed by atoms with E-state index in [1.807, 2.05) is 4.90 Å². The highest BCUT2D eigenvalue weighted by Gasteiger charge is 2.34. The Labute approximate surface area is 187 Å². The minimum atomic E-state index is -0.529. The number of piperazine rings is 1. The highest BCUT2D eigenvalue weighted by Crippen LogP contribution is 2.25. The van der Waals surface area contributed by atoms with Crippen LogP contribution in [0.4, 0.5) is 10.5 Å². The molecular formula is C21H30Cl2N4O3. The Kier molecular flexibility index (Phi) is 7.85. The van der Waals surface area contributed by atoms with Crippen LogP contribution in [0.5, 0.6) is 0 Å². The number of hydrogen-bond acceptors (Lipinski definition) is 4. The highest BCUT2D eigenvalue weighted by atomic mass is 35.5. The van der Waals surface area contributed by atoms with Crippen LogP contribution >= 0.6 is 23.2 Å². The van der Waals surface area contributed by atoms with E-state index in [9.17, 15) is 14.7 Å². The minimum absolute atomic E-state index is 0.0437. The minimum Gasteiger partial charge on any atom is -0.392 e. The molecule has 2 heterocycles. The van der Waals surface area contributed by atoms with Crippen molar-refractivity contribution in [2.45, 2.75) is 38.8 Å². The quantitative estimate of drug-likeness (QED) is 0.713. The fourth-order valence-electron chi connectivity index (χ4n) is 4.00. The van der Waals surface area contributed by atoms with E-state index in [2.05, 4.69) is 17.1 Å². The molecule has 2 fully saturated rings. The normalized spacial score (nSPS) is 25.5. The SMILES string of the molecule is CC1CCN(CCCN2CCN(C(=O)Nc3ccc(Cl)c(Cl)c3)C(C)C2=O)CC1O. The maximum Gasteiger partial charge on any atom is 0.322 e. The van der Waals surface area contributed by atoms with Gasteiger partial charge in [0.2, 0.25) is 5.91 Å². The van der Waals surface area contributed by atoms with Crippen molar-refractivity contribution in [3.63, 3.8) is 0 Å². The van der Waals surface area contributed by atoms with Crippen molar-refractivity contribution in [2.75, 3.05) is 44.6 Å². The molecule has 7 nitrogen and oxygen atoms in total. The van der Waals surface area contributed by atoms with E-state index in [-0.39, 0.29) is 18.0 Å². The molecule has 1 aromatic carbocycles. The summed E-state index contributed by atoms with van der Waals surface area (Å²) in [5, 5.41) is 13.6. The maximum absolute atomic E-state index is 12.8. The molecule has 0 aromatic heterocycles. The number of hydrogen-bond donors (Lipinski definition) is 2. The number of nitrogens with zero attached hydrogens (tertiary/aromatic N) is 3. The van der Waals surface area contributed by atoms with Crippen molar-refractivity contribution >= 4 is 40.8 Å². The number of aliphatic hydroxyl groups is 1. The van der Waals surface area contributed by atoms with Crippen LogP contribution in [0.3, 0.4) is 0 Å². The lowest BCUT2D eigenvalue weighted by Crippen LogP contribution is -2.58. The fourth-order valence-corrected chi connectivity index (χ4v) is 4.30. The second kappa shape index (κ2) is 10.2. The van der Waals surface area contributed by atoms with Gasteiger partial charge in [0.1, 0.15) is 6.04 Å². The van der Waals surface area contributed by atoms with Crippen LogP contribution in [0.25, 0.3) is 0 Å². The Hall–Kier alpha value is -1.54. The van der Waals surface area contributed by atoms with Gasteiger partial charge in [-0.3, -0.25) is 4.79 Å². The van der Waals surface area contributed by atoms with Crippen molar-refractivity contribution < 1.29 is 14.7 Å². The first-order valence-corrected chi connectivity index (χ1v) is 11.2. The number of rotatable bonds is 5. The Morgan fingerprint density at radius 2 is 1.93 bits per heavy atom. The predicted octanol–water partition coefficient (Wildman–Crippen LogP) is 3.15. The topological polar surface area (TPSA) is 76.1 Å². The number of anilines is 1. The maximum atomic E-state index is 12.8. The molecule has 2 aliphatic rings. The zero-order valence-corrected chi connectivity index (χ0v) is 19.0. The number of β-amino-alcohol motifs (C(OH)–C–C–N with tert-alkyl or cyclic N) is 1. The average Bonchev–Trinajstić information content (AvgIpc) is 2.70. The summed E-state index contributed by atoms with van der Waals surface area (Å²) in [6.07, 6.45) is 1.59. The zero-order chi connectivity index (χ0) is 21.8. The van der Waals surface area contributed by atoms with Gasteiger partial charge in [-0.2, -0.15) is 0 Å². The average molecular weight is 457 g/mol. The molecular weight excluding hydrogens is 427 g/mol. The van der Waals surface area contributed by atoms with Crippen molar-refractivity contribution in [3.05, 3.63) is 28.2 Å². The summed E-state index contributed by atoms with van der Waals surface area (Å²) < 4.78 is 0. The molecule has 2 aliphatic heterocycles. The third-order valence-electron chi connectivity index (χ3n) is 6.08. The van der Waals surface area contributed by atoms with Gasteiger partial charge in [-0.1, -0.05) is 30.1 Å². The Bertz CT molecular complexity index is 779. The van der Waals surface area contributed by atoms with E-state index in [0.717, 1.165) is 25.9 Å². The van der Waals surface area contributed by atoms with Gasteiger partial charge >= 0.3 is 6.03 Å². The number of carbonyl (C=O) groups is 2. The number of carbonyl (C=O) groups excluding carboxylic acids is 2. The summed E-state index contributed by atoms with van der Waals surface area (Å²) in [7, 11) is 0. The van der Waals surface area contributed by atoms with E-state index < -0.39 is 6.04 Å². The molecule has 0 radical (unpaired) electrons. The lowest BCUT2D eigenvalue weighted by Gasteiger charge is -2.39. The molecule has 3 rings (SSSR count). The van der Waals surface area contributed by atoms with Crippen LogP contribution in [0.2, 0.25) is 10.0 Å². The molecule has 3 unspecified atom stereocenters. The smallest absolute Gasteiger partial charge is 0.322 e. The Morgan fingerprint density at radius 1 is 1.17 bits per heavy atom. The summed E-state index contributed by atoms with van der Waals surface area (Å²) in [6.45, 7) is 8.04. The first-order chi connectivity index (χ1) is 14.3. The molecule has 1 aromatic rings. The molecule has 2 saturated heterocycles. The molecule has 0 spiro atoms. The fraction of sp³-hybridized carbons (Fsp3) is 0.619. The number of nitrogens with one attached hydrogen (secondary N) is 1. The Balaban J connectivity index is 1.47. The van der Waals surface area contributed by atoms with E-state index in [0.29, 0.717) is 47.8 Å². The highest BCUT2D eigenvalue weighted by molar-refractivity contribution is 6.42. The van der Waals surface area contributed by atoms with Gasteiger partial charge in [-0.25, -0.2) is 4.79 Å². The first-order valence-electron chi connectivity index (χ1n) is 10.5. The van der Waals surface area contributed by atoms with Crippen LogP contribution in [-0.2, 0) is 4.79 Å². The Morgan fingerprint density at radius 3 is 2.63 bits per heavy atom. The van der Waals surface area contributed by atoms with E-state index in [4.69, 9.17) is 23.2 Å². The molecule has 0 bridgehead atoms. The van der Waals surface area contributed by atoms with Crippen molar-refractivity contribution in [1.82, 2.24) is 14.7 Å². The molecule has 3 amide bonds. The molecule has 166 valence electrons. The second-order valence-corrected chi connectivity index (χ2v) is 9.06. The zero-order valence-electron chi connectivity index (χ0n) is 17.5. The third-order valence-corrected chi connectivity index (χ3v) is 6.82. The molecule has 0 saturated carbocycles. The summed E-state index contributed by atoms with van der Waals surface area (Å²) in [6, 6.07) is 4.02. The number of piperidine rings is 1. The van der Waals surface area contributed by atoms with Gasteiger partial charge in [0.05, 0.1) is 16.1 Å². The second-order valence-electron chi connectivity index (χ2n) is 8.24. The van der Waals surface area contributed by atoms with E-state index in [1.165, 1.54) is 0 Å². The monoisotopic (exact) mass is 456 g/mol.